The summed E-state index contributed by atoms with van der Waals surface area (Å²) >= 11 is 2.75. The molecular weight excluding hydrogens is 285 g/mol. The summed E-state index contributed by atoms with van der Waals surface area (Å²) in [5.41, 5.74) is 2.58. The highest BCUT2D eigenvalue weighted by Gasteiger charge is 2.36. The first kappa shape index (κ1) is 12.2. The Labute approximate surface area is 90.2 Å². The Kier molecular flexibility index (Phi) is 3.22. The zero-order valence-electron chi connectivity index (χ0n) is 7.08. The third kappa shape index (κ3) is 2.58. The van der Waals surface area contributed by atoms with Crippen molar-refractivity contribution in [2.45, 2.75) is 12.6 Å². The standard InChI is InChI=1S/C8H5BrF5N/c9-5-2-4(8(12,13)14)3(7(10)11)1-6(5)15/h1-2,7H,15H2. The van der Waals surface area contributed by atoms with Gasteiger partial charge in [-0.05, 0) is 28.1 Å². The molecule has 0 spiro atoms. The van der Waals surface area contributed by atoms with E-state index in [0.29, 0.717) is 12.1 Å². The van der Waals surface area contributed by atoms with E-state index in [-0.39, 0.29) is 10.2 Å². The molecule has 0 aliphatic carbocycles. The molecule has 0 aliphatic rings. The highest BCUT2D eigenvalue weighted by Crippen LogP contribution is 2.39. The van der Waals surface area contributed by atoms with Crippen molar-refractivity contribution in [2.24, 2.45) is 0 Å². The number of halogens is 6. The minimum atomic E-state index is -4.82. The van der Waals surface area contributed by atoms with Crippen molar-refractivity contribution in [1.29, 1.82) is 0 Å². The molecule has 1 aromatic rings. The first-order chi connectivity index (χ1) is 6.73. The number of rotatable bonds is 1. The summed E-state index contributed by atoms with van der Waals surface area (Å²) in [6, 6.07) is 1.17. The third-order valence-electron chi connectivity index (χ3n) is 1.71. The summed E-state index contributed by atoms with van der Waals surface area (Å²) in [6.45, 7) is 0. The van der Waals surface area contributed by atoms with Crippen LogP contribution in [0.3, 0.4) is 0 Å². The molecule has 84 valence electrons. The zero-order valence-corrected chi connectivity index (χ0v) is 8.66. The molecule has 0 saturated heterocycles. The molecule has 1 nitrogen and oxygen atoms in total. The minimum Gasteiger partial charge on any atom is -0.398 e. The van der Waals surface area contributed by atoms with E-state index >= 15 is 0 Å². The predicted octanol–water partition coefficient (Wildman–Crippen LogP) is 3.99. The number of nitrogens with two attached hydrogens (primary N) is 1. The van der Waals surface area contributed by atoms with E-state index in [1.807, 2.05) is 0 Å². The predicted molar refractivity (Wildman–Crippen MR) is 48.5 cm³/mol. The van der Waals surface area contributed by atoms with Crippen LogP contribution < -0.4 is 5.73 Å². The molecule has 0 aliphatic heterocycles. The van der Waals surface area contributed by atoms with Crippen LogP contribution in [-0.2, 0) is 6.18 Å². The van der Waals surface area contributed by atoms with Crippen LogP contribution in [0.1, 0.15) is 17.6 Å². The van der Waals surface area contributed by atoms with Gasteiger partial charge in [0.2, 0.25) is 0 Å². The van der Waals surface area contributed by atoms with Crippen molar-refractivity contribution < 1.29 is 22.0 Å². The van der Waals surface area contributed by atoms with Gasteiger partial charge in [-0.2, -0.15) is 13.2 Å². The maximum Gasteiger partial charge on any atom is 0.416 e. The summed E-state index contributed by atoms with van der Waals surface area (Å²) in [6.07, 6.45) is -8.03. The van der Waals surface area contributed by atoms with Crippen molar-refractivity contribution in [2.75, 3.05) is 5.73 Å². The van der Waals surface area contributed by atoms with Gasteiger partial charge in [-0.3, -0.25) is 0 Å². The Morgan fingerprint density at radius 3 is 2.13 bits per heavy atom. The number of hydrogen-bond acceptors (Lipinski definition) is 1. The molecule has 7 heteroatoms. The molecule has 1 aromatic carbocycles. The zero-order chi connectivity index (χ0) is 11.8. The van der Waals surface area contributed by atoms with Crippen LogP contribution in [0.25, 0.3) is 0 Å². The lowest BCUT2D eigenvalue weighted by Gasteiger charge is -2.13. The molecular formula is C8H5BrF5N. The molecule has 0 heterocycles. The van der Waals surface area contributed by atoms with Crippen molar-refractivity contribution in [1.82, 2.24) is 0 Å². The van der Waals surface area contributed by atoms with E-state index in [4.69, 9.17) is 5.73 Å². The number of hydrogen-bond donors (Lipinski definition) is 1. The summed E-state index contributed by atoms with van der Waals surface area (Å²) in [4.78, 5) is 0. The SMILES string of the molecule is Nc1cc(C(F)F)c(C(F)(F)F)cc1Br. The Morgan fingerprint density at radius 2 is 1.73 bits per heavy atom. The highest BCUT2D eigenvalue weighted by molar-refractivity contribution is 9.10. The topological polar surface area (TPSA) is 26.0 Å². The molecule has 0 amide bonds. The van der Waals surface area contributed by atoms with Crippen LogP contribution >= 0.6 is 15.9 Å². The van der Waals surface area contributed by atoms with E-state index in [1.165, 1.54) is 0 Å². The average Bonchev–Trinajstić information content (AvgIpc) is 2.06. The van der Waals surface area contributed by atoms with Crippen LogP contribution in [0.4, 0.5) is 27.6 Å². The number of alkyl halides is 5. The number of anilines is 1. The first-order valence-electron chi connectivity index (χ1n) is 3.67. The maximum absolute atomic E-state index is 12.3. The van der Waals surface area contributed by atoms with Crippen molar-refractivity contribution >= 4 is 21.6 Å². The van der Waals surface area contributed by atoms with Gasteiger partial charge in [0.1, 0.15) is 0 Å². The smallest absolute Gasteiger partial charge is 0.398 e. The second-order valence-electron chi connectivity index (χ2n) is 2.76. The van der Waals surface area contributed by atoms with Gasteiger partial charge in [0, 0.05) is 15.7 Å². The minimum absolute atomic E-state index is 0.0563. The molecule has 0 bridgehead atoms. The van der Waals surface area contributed by atoms with Gasteiger partial charge in [-0.1, -0.05) is 0 Å². The molecule has 0 radical (unpaired) electrons. The van der Waals surface area contributed by atoms with Gasteiger partial charge in [-0.25, -0.2) is 8.78 Å². The van der Waals surface area contributed by atoms with Crippen molar-refractivity contribution in [3.63, 3.8) is 0 Å². The lowest BCUT2D eigenvalue weighted by Crippen LogP contribution is -2.10. The largest absolute Gasteiger partial charge is 0.416 e. The van der Waals surface area contributed by atoms with Crippen LogP contribution in [0.5, 0.6) is 0 Å². The van der Waals surface area contributed by atoms with E-state index < -0.39 is 23.7 Å². The number of nitrogen functional groups attached to an aromatic ring is 1. The van der Waals surface area contributed by atoms with E-state index in [9.17, 15) is 22.0 Å². The van der Waals surface area contributed by atoms with Crippen LogP contribution in [0.15, 0.2) is 16.6 Å². The molecule has 15 heavy (non-hydrogen) atoms. The third-order valence-corrected chi connectivity index (χ3v) is 2.40. The Bertz CT molecular complexity index is 374. The van der Waals surface area contributed by atoms with Crippen molar-refractivity contribution in [3.05, 3.63) is 27.7 Å². The van der Waals surface area contributed by atoms with Gasteiger partial charge < -0.3 is 5.73 Å². The van der Waals surface area contributed by atoms with Crippen LogP contribution in [0, 0.1) is 0 Å². The normalized spacial score (nSPS) is 12.2. The van der Waals surface area contributed by atoms with Gasteiger partial charge in [-0.15, -0.1) is 0 Å². The quantitative estimate of drug-likeness (QED) is 0.614. The number of benzene rings is 1. The molecule has 0 atom stereocenters. The van der Waals surface area contributed by atoms with E-state index in [2.05, 4.69) is 15.9 Å². The summed E-state index contributed by atoms with van der Waals surface area (Å²) < 4.78 is 61.5. The Morgan fingerprint density at radius 1 is 1.20 bits per heavy atom. The van der Waals surface area contributed by atoms with E-state index in [1.54, 1.807) is 0 Å². The lowest BCUT2D eigenvalue weighted by atomic mass is 10.1. The second-order valence-corrected chi connectivity index (χ2v) is 3.61. The first-order valence-corrected chi connectivity index (χ1v) is 4.47. The Balaban J connectivity index is 3.42. The average molecular weight is 290 g/mol. The summed E-state index contributed by atoms with van der Waals surface area (Å²) in [5.74, 6) is 0. The fourth-order valence-electron chi connectivity index (χ4n) is 1.03. The second kappa shape index (κ2) is 3.96. The molecule has 0 unspecified atom stereocenters. The van der Waals surface area contributed by atoms with Crippen LogP contribution in [-0.4, -0.2) is 0 Å². The summed E-state index contributed by atoms with van der Waals surface area (Å²) in [7, 11) is 0. The molecule has 0 fully saturated rings. The fraction of sp³-hybridized carbons (Fsp3) is 0.250. The summed E-state index contributed by atoms with van der Waals surface area (Å²) in [5, 5.41) is 0. The van der Waals surface area contributed by atoms with Gasteiger partial charge >= 0.3 is 6.18 Å². The maximum atomic E-state index is 12.3. The molecule has 1 rings (SSSR count). The monoisotopic (exact) mass is 289 g/mol. The molecule has 2 N–H and O–H groups in total. The Hall–Kier alpha value is -0.850. The van der Waals surface area contributed by atoms with Gasteiger partial charge in [0.05, 0.1) is 5.56 Å². The lowest BCUT2D eigenvalue weighted by molar-refractivity contribution is -0.139. The van der Waals surface area contributed by atoms with E-state index in [0.717, 1.165) is 0 Å². The highest BCUT2D eigenvalue weighted by atomic mass is 79.9. The molecule has 0 saturated carbocycles. The fourth-order valence-corrected chi connectivity index (χ4v) is 1.38. The molecule has 0 aromatic heterocycles. The van der Waals surface area contributed by atoms with Crippen molar-refractivity contribution in [3.8, 4) is 0 Å². The van der Waals surface area contributed by atoms with Gasteiger partial charge in [0.15, 0.2) is 0 Å². The van der Waals surface area contributed by atoms with Gasteiger partial charge in [0.25, 0.3) is 6.43 Å². The van der Waals surface area contributed by atoms with Crippen LogP contribution in [0.2, 0.25) is 0 Å².